The minimum absolute atomic E-state index is 0.316. The van der Waals surface area contributed by atoms with Crippen LogP contribution >= 0.6 is 11.8 Å². The number of nitrogens with one attached hydrogen (secondary N) is 1. The minimum atomic E-state index is -0.529. The van der Waals surface area contributed by atoms with E-state index in [0.29, 0.717) is 22.1 Å². The fraction of sp³-hybridized carbons (Fsp3) is 0.353. The third-order valence-electron chi connectivity index (χ3n) is 4.48. The molecule has 0 spiro atoms. The number of amides is 3. The Hall–Kier alpha value is -2.32. The summed E-state index contributed by atoms with van der Waals surface area (Å²) in [4.78, 5) is 39.5. The fourth-order valence-electron chi connectivity index (χ4n) is 3.06. The van der Waals surface area contributed by atoms with Crippen molar-refractivity contribution in [1.29, 1.82) is 0 Å². The van der Waals surface area contributed by atoms with Crippen molar-refractivity contribution in [1.82, 2.24) is 10.2 Å². The zero-order chi connectivity index (χ0) is 18.1. The van der Waals surface area contributed by atoms with Crippen molar-refractivity contribution < 1.29 is 14.4 Å². The van der Waals surface area contributed by atoms with E-state index in [2.05, 4.69) is 29.2 Å². The third-order valence-corrected chi connectivity index (χ3v) is 5.29. The smallest absolute Gasteiger partial charge is 0.290 e. The molecule has 0 aliphatic carbocycles. The van der Waals surface area contributed by atoms with E-state index in [9.17, 15) is 14.4 Å². The van der Waals surface area contributed by atoms with Gasteiger partial charge in [0.1, 0.15) is 0 Å². The van der Waals surface area contributed by atoms with E-state index in [4.69, 9.17) is 5.73 Å². The highest BCUT2D eigenvalue weighted by Gasteiger charge is 2.28. The molecule has 2 heterocycles. The van der Waals surface area contributed by atoms with Gasteiger partial charge in [0.2, 0.25) is 5.91 Å². The lowest BCUT2D eigenvalue weighted by Crippen LogP contribution is -2.31. The number of nitrogens with zero attached hydrogens (tertiary/aromatic N) is 2. The number of rotatable bonds is 4. The molecular formula is C17H20N4O3S. The molecule has 3 N–H and O–H groups in total. The summed E-state index contributed by atoms with van der Waals surface area (Å²) in [6.07, 6.45) is 2.68. The number of carbonyl (C=O) groups is 3. The molecular weight excluding hydrogens is 340 g/mol. The van der Waals surface area contributed by atoms with E-state index in [1.54, 1.807) is 18.2 Å². The summed E-state index contributed by atoms with van der Waals surface area (Å²) in [5.74, 6) is -0.948. The number of carbonyl (C=O) groups excluding carboxylic acids is 3. The van der Waals surface area contributed by atoms with E-state index in [1.165, 1.54) is 0 Å². The van der Waals surface area contributed by atoms with Crippen LogP contribution in [0, 0.1) is 0 Å². The number of primary amides is 1. The number of benzene rings is 1. The van der Waals surface area contributed by atoms with Crippen molar-refractivity contribution in [3.05, 3.63) is 34.2 Å². The quantitative estimate of drug-likeness (QED) is 0.785. The van der Waals surface area contributed by atoms with Gasteiger partial charge in [-0.1, -0.05) is 0 Å². The first-order chi connectivity index (χ1) is 11.8. The molecule has 1 aromatic carbocycles. The lowest BCUT2D eigenvalue weighted by atomic mass is 10.1. The molecule has 0 radical (unpaired) electrons. The highest BCUT2D eigenvalue weighted by Crippen LogP contribution is 2.32. The van der Waals surface area contributed by atoms with Crippen molar-refractivity contribution in [2.75, 3.05) is 32.1 Å². The topological polar surface area (TPSA) is 95.7 Å². The first-order valence-electron chi connectivity index (χ1n) is 7.95. The number of nitrogens with two attached hydrogens (primary N) is 1. The summed E-state index contributed by atoms with van der Waals surface area (Å²) in [5, 5.41) is 1.85. The summed E-state index contributed by atoms with van der Waals surface area (Å²) in [7, 11) is 4.11. The molecule has 3 amide bonds. The number of imide groups is 1. The summed E-state index contributed by atoms with van der Waals surface area (Å²) < 4.78 is 0. The fourth-order valence-corrected chi connectivity index (χ4v) is 3.73. The van der Waals surface area contributed by atoms with Gasteiger partial charge in [0.25, 0.3) is 11.1 Å². The van der Waals surface area contributed by atoms with E-state index in [1.807, 2.05) is 6.07 Å². The minimum Gasteiger partial charge on any atom is -0.369 e. The van der Waals surface area contributed by atoms with Crippen molar-refractivity contribution in [2.45, 2.75) is 12.5 Å². The summed E-state index contributed by atoms with van der Waals surface area (Å²) in [6, 6.07) is 5.66. The number of likely N-dealkylation sites (N-methyl/N-ethyl adjacent to an activating group) is 1. The van der Waals surface area contributed by atoms with E-state index in [0.717, 1.165) is 37.0 Å². The van der Waals surface area contributed by atoms with Crippen LogP contribution in [0.2, 0.25) is 0 Å². The van der Waals surface area contributed by atoms with Crippen LogP contribution in [0.3, 0.4) is 0 Å². The largest absolute Gasteiger partial charge is 0.369 e. The maximum absolute atomic E-state index is 11.8. The Bertz CT molecular complexity index is 775. The average Bonchev–Trinajstić information content (AvgIpc) is 3.14. The highest BCUT2D eigenvalue weighted by molar-refractivity contribution is 8.18. The number of anilines is 1. The molecule has 3 rings (SSSR count). The van der Waals surface area contributed by atoms with Gasteiger partial charge in [-0.25, -0.2) is 0 Å². The maximum Gasteiger partial charge on any atom is 0.290 e. The van der Waals surface area contributed by atoms with Crippen LogP contribution in [-0.2, 0) is 4.79 Å². The second-order valence-electron chi connectivity index (χ2n) is 6.34. The lowest BCUT2D eigenvalue weighted by molar-refractivity contribution is -0.115. The molecule has 2 fully saturated rings. The summed E-state index contributed by atoms with van der Waals surface area (Å²) in [5.41, 5.74) is 7.39. The van der Waals surface area contributed by atoms with Gasteiger partial charge in [0.05, 0.1) is 4.91 Å². The molecule has 0 aromatic heterocycles. The lowest BCUT2D eigenvalue weighted by Gasteiger charge is -2.23. The molecule has 0 saturated carbocycles. The predicted molar refractivity (Wildman–Crippen MR) is 98.4 cm³/mol. The molecule has 0 bridgehead atoms. The molecule has 25 heavy (non-hydrogen) atoms. The standard InChI is InChI=1S/C17H20N4O3S/c1-20(2)12-5-6-21(9-12)13-4-3-10(15(18)22)7-11(13)8-14-16(23)19-17(24)25-14/h3-4,7-8,12H,5-6,9H2,1-2H3,(H2,18,22)(H,19,23,24)/b14-8+. The Labute approximate surface area is 150 Å². The molecule has 8 heteroatoms. The van der Waals surface area contributed by atoms with Crippen LogP contribution in [0.1, 0.15) is 22.3 Å². The van der Waals surface area contributed by atoms with Crippen LogP contribution in [-0.4, -0.2) is 55.2 Å². The molecule has 1 unspecified atom stereocenters. The van der Waals surface area contributed by atoms with E-state index < -0.39 is 17.1 Å². The molecule has 7 nitrogen and oxygen atoms in total. The van der Waals surface area contributed by atoms with Crippen LogP contribution in [0.4, 0.5) is 10.5 Å². The normalized spacial score (nSPS) is 22.1. The second kappa shape index (κ2) is 6.89. The van der Waals surface area contributed by atoms with Crippen molar-refractivity contribution >= 4 is 40.6 Å². The molecule has 132 valence electrons. The van der Waals surface area contributed by atoms with E-state index >= 15 is 0 Å². The Morgan fingerprint density at radius 1 is 1.40 bits per heavy atom. The molecule has 2 aliphatic rings. The molecule has 1 atom stereocenters. The predicted octanol–water partition coefficient (Wildman–Crippen LogP) is 1.25. The zero-order valence-corrected chi connectivity index (χ0v) is 14.9. The molecule has 1 aromatic rings. The Balaban J connectivity index is 1.98. The van der Waals surface area contributed by atoms with Gasteiger partial charge in [0.15, 0.2) is 0 Å². The van der Waals surface area contributed by atoms with Crippen LogP contribution < -0.4 is 16.0 Å². The van der Waals surface area contributed by atoms with Crippen molar-refractivity contribution in [3.8, 4) is 0 Å². The van der Waals surface area contributed by atoms with E-state index in [-0.39, 0.29) is 0 Å². The summed E-state index contributed by atoms with van der Waals surface area (Å²) in [6.45, 7) is 1.74. The van der Waals surface area contributed by atoms with Crippen LogP contribution in [0.15, 0.2) is 23.1 Å². The SMILES string of the molecule is CN(C)C1CCN(c2ccc(C(N)=O)cc2/C=C2/SC(=O)NC2=O)C1. The first kappa shape index (κ1) is 17.5. The Morgan fingerprint density at radius 2 is 2.16 bits per heavy atom. The second-order valence-corrected chi connectivity index (χ2v) is 7.36. The Morgan fingerprint density at radius 3 is 2.72 bits per heavy atom. The number of hydrogen-bond donors (Lipinski definition) is 2. The van der Waals surface area contributed by atoms with Gasteiger partial charge >= 0.3 is 0 Å². The summed E-state index contributed by atoms with van der Waals surface area (Å²) >= 11 is 0.858. The third kappa shape index (κ3) is 3.69. The van der Waals surface area contributed by atoms with Gasteiger partial charge in [-0.05, 0) is 62.1 Å². The number of thioether (sulfide) groups is 1. The highest BCUT2D eigenvalue weighted by atomic mass is 32.2. The molecule has 2 aliphatic heterocycles. The molecule has 2 saturated heterocycles. The maximum atomic E-state index is 11.8. The average molecular weight is 360 g/mol. The van der Waals surface area contributed by atoms with Gasteiger partial charge in [-0.15, -0.1) is 0 Å². The van der Waals surface area contributed by atoms with Crippen molar-refractivity contribution in [2.24, 2.45) is 5.73 Å². The van der Waals surface area contributed by atoms with Crippen molar-refractivity contribution in [3.63, 3.8) is 0 Å². The van der Waals surface area contributed by atoms with Gasteiger partial charge < -0.3 is 15.5 Å². The monoisotopic (exact) mass is 360 g/mol. The van der Waals surface area contributed by atoms with Crippen LogP contribution in [0.25, 0.3) is 6.08 Å². The number of hydrogen-bond acceptors (Lipinski definition) is 6. The Kier molecular flexibility index (Phi) is 4.82. The zero-order valence-electron chi connectivity index (χ0n) is 14.1. The van der Waals surface area contributed by atoms with Gasteiger partial charge in [0, 0.05) is 30.4 Å². The first-order valence-corrected chi connectivity index (χ1v) is 8.77. The van der Waals surface area contributed by atoms with Gasteiger partial charge in [-0.3, -0.25) is 19.7 Å². The van der Waals surface area contributed by atoms with Gasteiger partial charge in [-0.2, -0.15) is 0 Å². The van der Waals surface area contributed by atoms with Crippen LogP contribution in [0.5, 0.6) is 0 Å².